The van der Waals surface area contributed by atoms with E-state index in [1.807, 2.05) is 0 Å². The summed E-state index contributed by atoms with van der Waals surface area (Å²) in [5.41, 5.74) is -0.0355. The van der Waals surface area contributed by atoms with Gasteiger partial charge in [-0.3, -0.25) is 4.79 Å². The SMILES string of the molecule is C=C(CC(=O)O)C(=O)OCCCS. The van der Waals surface area contributed by atoms with Crippen molar-refractivity contribution in [3.05, 3.63) is 12.2 Å². The Kier molecular flexibility index (Phi) is 6.05. The Bertz CT molecular complexity index is 212. The van der Waals surface area contributed by atoms with Crippen LogP contribution in [0.5, 0.6) is 0 Å². The van der Waals surface area contributed by atoms with Gasteiger partial charge in [0.15, 0.2) is 0 Å². The van der Waals surface area contributed by atoms with Crippen molar-refractivity contribution in [2.75, 3.05) is 12.4 Å². The molecule has 0 aliphatic heterocycles. The smallest absolute Gasteiger partial charge is 0.333 e. The number of ether oxygens (including phenoxy) is 1. The molecule has 13 heavy (non-hydrogen) atoms. The molecule has 0 amide bonds. The quantitative estimate of drug-likeness (QED) is 0.292. The van der Waals surface area contributed by atoms with E-state index in [1.165, 1.54) is 0 Å². The van der Waals surface area contributed by atoms with Crippen LogP contribution in [0.1, 0.15) is 12.8 Å². The first-order valence-corrected chi connectivity index (χ1v) is 4.38. The third-order valence-electron chi connectivity index (χ3n) is 1.19. The molecule has 0 unspecified atom stereocenters. The van der Waals surface area contributed by atoms with Crippen LogP contribution in [-0.4, -0.2) is 29.4 Å². The molecule has 74 valence electrons. The number of thiol groups is 1. The lowest BCUT2D eigenvalue weighted by molar-refractivity contribution is -0.142. The molecule has 0 aliphatic carbocycles. The lowest BCUT2D eigenvalue weighted by Crippen LogP contribution is -2.11. The van der Waals surface area contributed by atoms with Crippen LogP contribution in [-0.2, 0) is 14.3 Å². The number of aliphatic carboxylic acids is 1. The summed E-state index contributed by atoms with van der Waals surface area (Å²) in [6, 6.07) is 0. The van der Waals surface area contributed by atoms with Crippen molar-refractivity contribution >= 4 is 24.6 Å². The number of rotatable bonds is 6. The van der Waals surface area contributed by atoms with Crippen LogP contribution in [0.25, 0.3) is 0 Å². The van der Waals surface area contributed by atoms with Gasteiger partial charge in [0.1, 0.15) is 0 Å². The first-order chi connectivity index (χ1) is 6.07. The third-order valence-corrected chi connectivity index (χ3v) is 1.51. The maximum absolute atomic E-state index is 10.9. The summed E-state index contributed by atoms with van der Waals surface area (Å²) in [5.74, 6) is -1.11. The van der Waals surface area contributed by atoms with Crippen molar-refractivity contribution in [2.24, 2.45) is 0 Å². The predicted molar refractivity (Wildman–Crippen MR) is 50.8 cm³/mol. The number of carbonyl (C=O) groups excluding carboxylic acids is 1. The normalized spacial score (nSPS) is 9.31. The van der Waals surface area contributed by atoms with Crippen molar-refractivity contribution < 1.29 is 19.4 Å². The average molecular weight is 204 g/mol. The molecule has 0 aromatic rings. The molecule has 5 heteroatoms. The second-order valence-corrected chi connectivity index (χ2v) is 2.83. The minimum absolute atomic E-state index is 0.0355. The number of carbonyl (C=O) groups is 2. The highest BCUT2D eigenvalue weighted by Crippen LogP contribution is 2.01. The maximum atomic E-state index is 10.9. The van der Waals surface area contributed by atoms with Gasteiger partial charge < -0.3 is 9.84 Å². The van der Waals surface area contributed by atoms with E-state index in [-0.39, 0.29) is 18.6 Å². The van der Waals surface area contributed by atoms with Gasteiger partial charge in [0, 0.05) is 5.57 Å². The van der Waals surface area contributed by atoms with Gasteiger partial charge in [-0.2, -0.15) is 12.6 Å². The molecule has 0 radical (unpaired) electrons. The van der Waals surface area contributed by atoms with Crippen molar-refractivity contribution in [1.29, 1.82) is 0 Å². The van der Waals surface area contributed by atoms with Crippen LogP contribution >= 0.6 is 12.6 Å². The standard InChI is InChI=1S/C8H12O4S/c1-6(5-7(9)10)8(11)12-3-2-4-13/h13H,1-5H2,(H,9,10). The summed E-state index contributed by atoms with van der Waals surface area (Å²) in [5, 5.41) is 8.32. The molecule has 0 rings (SSSR count). The van der Waals surface area contributed by atoms with Gasteiger partial charge >= 0.3 is 11.9 Å². The van der Waals surface area contributed by atoms with E-state index in [4.69, 9.17) is 9.84 Å². The Hall–Kier alpha value is -0.970. The monoisotopic (exact) mass is 204 g/mol. The zero-order chi connectivity index (χ0) is 10.3. The second kappa shape index (κ2) is 6.54. The van der Waals surface area contributed by atoms with Crippen LogP contribution in [0, 0.1) is 0 Å². The Labute approximate surface area is 82.0 Å². The molecular weight excluding hydrogens is 192 g/mol. The first kappa shape index (κ1) is 12.0. The summed E-state index contributed by atoms with van der Waals surface area (Å²) in [6.45, 7) is 3.55. The summed E-state index contributed by atoms with van der Waals surface area (Å²) >= 11 is 3.92. The Morgan fingerprint density at radius 2 is 2.08 bits per heavy atom. The predicted octanol–water partition coefficient (Wildman–Crippen LogP) is 0.880. The zero-order valence-corrected chi connectivity index (χ0v) is 8.05. The van der Waals surface area contributed by atoms with Crippen molar-refractivity contribution in [2.45, 2.75) is 12.8 Å². The van der Waals surface area contributed by atoms with Gasteiger partial charge in [-0.15, -0.1) is 0 Å². The van der Waals surface area contributed by atoms with Gasteiger partial charge in [0.05, 0.1) is 13.0 Å². The summed E-state index contributed by atoms with van der Waals surface area (Å²) in [7, 11) is 0. The first-order valence-electron chi connectivity index (χ1n) is 3.75. The van der Waals surface area contributed by atoms with Crippen molar-refractivity contribution in [1.82, 2.24) is 0 Å². The Balaban J connectivity index is 3.70. The zero-order valence-electron chi connectivity index (χ0n) is 7.15. The van der Waals surface area contributed by atoms with Gasteiger partial charge in [-0.1, -0.05) is 6.58 Å². The Morgan fingerprint density at radius 3 is 2.54 bits per heavy atom. The van der Waals surface area contributed by atoms with Crippen LogP contribution in [0.3, 0.4) is 0 Å². The van der Waals surface area contributed by atoms with Crippen LogP contribution < -0.4 is 0 Å². The molecule has 0 saturated carbocycles. The highest BCUT2D eigenvalue weighted by Gasteiger charge is 2.11. The number of carboxylic acids is 1. The molecule has 0 fully saturated rings. The van der Waals surface area contributed by atoms with E-state index in [2.05, 4.69) is 19.2 Å². The molecule has 0 aromatic heterocycles. The topological polar surface area (TPSA) is 63.6 Å². The van der Waals surface area contributed by atoms with Crippen LogP contribution in [0.15, 0.2) is 12.2 Å². The minimum Gasteiger partial charge on any atom is -0.481 e. The fourth-order valence-electron chi connectivity index (χ4n) is 0.586. The van der Waals surface area contributed by atoms with Gasteiger partial charge in [0.2, 0.25) is 0 Å². The summed E-state index contributed by atoms with van der Waals surface area (Å²) in [4.78, 5) is 21.1. The lowest BCUT2D eigenvalue weighted by Gasteiger charge is -2.03. The van der Waals surface area contributed by atoms with Crippen LogP contribution in [0.4, 0.5) is 0 Å². The molecule has 0 saturated heterocycles. The molecule has 0 spiro atoms. The number of hydrogen-bond acceptors (Lipinski definition) is 4. The molecular formula is C8H12O4S. The van der Waals surface area contributed by atoms with Crippen LogP contribution in [0.2, 0.25) is 0 Å². The molecule has 0 bridgehead atoms. The minimum atomic E-state index is -1.09. The van der Waals surface area contributed by atoms with E-state index in [1.54, 1.807) is 0 Å². The van der Waals surface area contributed by atoms with Crippen molar-refractivity contribution in [3.63, 3.8) is 0 Å². The molecule has 0 aromatic carbocycles. The number of carboxylic acid groups (broad SMARTS) is 1. The maximum Gasteiger partial charge on any atom is 0.333 e. The highest BCUT2D eigenvalue weighted by molar-refractivity contribution is 7.80. The van der Waals surface area contributed by atoms with E-state index >= 15 is 0 Å². The summed E-state index contributed by atoms with van der Waals surface area (Å²) in [6.07, 6.45) is 0.273. The fraction of sp³-hybridized carbons (Fsp3) is 0.500. The molecule has 0 heterocycles. The third kappa shape index (κ3) is 6.21. The number of esters is 1. The largest absolute Gasteiger partial charge is 0.481 e. The van der Waals surface area contributed by atoms with E-state index in [9.17, 15) is 9.59 Å². The van der Waals surface area contributed by atoms with Gasteiger partial charge in [0.25, 0.3) is 0 Å². The average Bonchev–Trinajstić information content (AvgIpc) is 2.03. The van der Waals surface area contributed by atoms with Gasteiger partial charge in [-0.05, 0) is 12.2 Å². The molecule has 4 nitrogen and oxygen atoms in total. The Morgan fingerprint density at radius 1 is 1.46 bits per heavy atom. The molecule has 1 N–H and O–H groups in total. The number of hydrogen-bond donors (Lipinski definition) is 2. The van der Waals surface area contributed by atoms with Crippen molar-refractivity contribution in [3.8, 4) is 0 Å². The summed E-state index contributed by atoms with van der Waals surface area (Å²) < 4.78 is 4.69. The molecule has 0 aliphatic rings. The van der Waals surface area contributed by atoms with Gasteiger partial charge in [-0.25, -0.2) is 4.79 Å². The molecule has 0 atom stereocenters. The van der Waals surface area contributed by atoms with E-state index in [0.717, 1.165) is 0 Å². The fourth-order valence-corrected chi connectivity index (χ4v) is 0.715. The lowest BCUT2D eigenvalue weighted by atomic mass is 10.2. The second-order valence-electron chi connectivity index (χ2n) is 2.39. The van der Waals surface area contributed by atoms with E-state index in [0.29, 0.717) is 12.2 Å². The highest BCUT2D eigenvalue weighted by atomic mass is 32.1. The van der Waals surface area contributed by atoms with E-state index < -0.39 is 11.9 Å².